The SMILES string of the molecule is CCN(CC)[C@@H](C(=O)N1CCC[C@H]1c1ncc(-c2ccc(-c3ccc(-c4cnc([C@@H]5CCCN5C(=O)C[C@H](Cc5cccs5)NC(=O)O)[nH]4)cc3)cc2)[nH]1)c1ccccc1. The molecule has 4 atom stereocenters. The number of carboxylic acid groups (broad SMARTS) is 1. The van der Waals surface area contributed by atoms with E-state index in [9.17, 15) is 19.5 Å². The summed E-state index contributed by atoms with van der Waals surface area (Å²) in [6, 6.07) is 29.6. The molecule has 3 aromatic heterocycles. The first-order chi connectivity index (χ1) is 29.3. The minimum atomic E-state index is -1.13. The number of aromatic nitrogens is 4. The standard InChI is InChI=1S/C47H52N8O4S/c1-3-53(4-2)43(35-11-6-5-7-12-35)46(57)55-25-9-15-41(55)45-49-30-39(52-45)34-22-18-32(19-23-34)31-16-20-33(21-17-31)38-29-48-44(51-38)40-14-8-24-54(40)42(56)28-36(50-47(58)59)27-37-13-10-26-60-37/h5-7,10-13,16-23,26,29-30,36,40-41,43,50H,3-4,8-9,14-15,24-25,27-28H2,1-2H3,(H,48,51)(H,49,52)(H,58,59)/t36-,40-,41-,43+/m0/s1. The van der Waals surface area contributed by atoms with Crippen LogP contribution in [-0.4, -0.2) is 89.9 Å². The van der Waals surface area contributed by atoms with Gasteiger partial charge in [0.05, 0.1) is 35.9 Å². The molecular weight excluding hydrogens is 773 g/mol. The van der Waals surface area contributed by atoms with Gasteiger partial charge in [-0.3, -0.25) is 14.5 Å². The molecule has 6 aromatic rings. The summed E-state index contributed by atoms with van der Waals surface area (Å²) in [5, 5.41) is 13.9. The number of H-pyrrole nitrogens is 2. The third-order valence-corrected chi connectivity index (χ3v) is 12.9. The Kier molecular flexibility index (Phi) is 12.5. The lowest BCUT2D eigenvalue weighted by Gasteiger charge is -2.34. The predicted molar refractivity (Wildman–Crippen MR) is 234 cm³/mol. The zero-order valence-electron chi connectivity index (χ0n) is 34.1. The lowest BCUT2D eigenvalue weighted by atomic mass is 10.0. The van der Waals surface area contributed by atoms with E-state index >= 15 is 0 Å². The molecule has 2 fully saturated rings. The number of rotatable bonds is 15. The highest BCUT2D eigenvalue weighted by atomic mass is 32.1. The van der Waals surface area contributed by atoms with Gasteiger partial charge in [0.1, 0.15) is 17.7 Å². The molecule has 310 valence electrons. The average Bonchev–Trinajstić information content (AvgIpc) is 4.12. The van der Waals surface area contributed by atoms with Gasteiger partial charge in [-0.05, 0) is 78.0 Å². The van der Waals surface area contributed by atoms with Gasteiger partial charge in [-0.25, -0.2) is 14.8 Å². The fraction of sp³-hybridized carbons (Fsp3) is 0.340. The van der Waals surface area contributed by atoms with Crippen LogP contribution in [0.25, 0.3) is 33.6 Å². The maximum atomic E-state index is 14.2. The second-order valence-corrected chi connectivity index (χ2v) is 16.7. The summed E-state index contributed by atoms with van der Waals surface area (Å²) in [4.78, 5) is 62.9. The van der Waals surface area contributed by atoms with Crippen LogP contribution in [0.4, 0.5) is 4.79 Å². The third kappa shape index (κ3) is 8.92. The molecule has 3 amide bonds. The van der Waals surface area contributed by atoms with Gasteiger partial charge in [-0.1, -0.05) is 98.8 Å². The number of hydrogen-bond acceptors (Lipinski definition) is 7. The minimum Gasteiger partial charge on any atom is -0.465 e. The summed E-state index contributed by atoms with van der Waals surface area (Å²) in [5.41, 5.74) is 6.99. The number of benzene rings is 3. The second kappa shape index (κ2) is 18.5. The number of thiophene rings is 1. The normalized spacial score (nSPS) is 17.6. The van der Waals surface area contributed by atoms with Gasteiger partial charge in [-0.2, -0.15) is 0 Å². The van der Waals surface area contributed by atoms with Crippen LogP contribution in [0.3, 0.4) is 0 Å². The average molecular weight is 825 g/mol. The van der Waals surface area contributed by atoms with Gasteiger partial charge in [0, 0.05) is 36.9 Å². The molecule has 2 saturated heterocycles. The summed E-state index contributed by atoms with van der Waals surface area (Å²) in [5.74, 6) is 1.61. The van der Waals surface area contributed by atoms with Crippen molar-refractivity contribution >= 4 is 29.2 Å². The Morgan fingerprint density at radius 1 is 0.767 bits per heavy atom. The van der Waals surface area contributed by atoms with E-state index < -0.39 is 12.1 Å². The Labute approximate surface area is 354 Å². The molecule has 2 aliphatic heterocycles. The van der Waals surface area contributed by atoms with Crippen molar-refractivity contribution in [2.75, 3.05) is 26.2 Å². The first-order valence-electron chi connectivity index (χ1n) is 21.0. The number of hydrogen-bond donors (Lipinski definition) is 4. The van der Waals surface area contributed by atoms with Crippen molar-refractivity contribution in [3.05, 3.63) is 131 Å². The molecule has 0 radical (unpaired) electrons. The summed E-state index contributed by atoms with van der Waals surface area (Å²) in [6.07, 6.45) is 6.59. The van der Waals surface area contributed by atoms with Crippen LogP contribution in [0.2, 0.25) is 0 Å². The molecule has 0 spiro atoms. The number of likely N-dealkylation sites (tertiary alicyclic amines) is 2. The molecule has 5 heterocycles. The minimum absolute atomic E-state index is 0.0790. The van der Waals surface area contributed by atoms with E-state index in [1.807, 2.05) is 57.9 Å². The third-order valence-electron chi connectivity index (χ3n) is 12.0. The van der Waals surface area contributed by atoms with E-state index in [2.05, 4.69) is 94.7 Å². The van der Waals surface area contributed by atoms with Gasteiger partial charge >= 0.3 is 6.09 Å². The molecule has 0 aliphatic carbocycles. The highest BCUT2D eigenvalue weighted by Gasteiger charge is 2.38. The van der Waals surface area contributed by atoms with Crippen LogP contribution < -0.4 is 5.32 Å². The number of likely N-dealkylation sites (N-methyl/N-ethyl adjacent to an activating group) is 1. The molecule has 8 rings (SSSR count). The molecule has 0 bridgehead atoms. The monoisotopic (exact) mass is 824 g/mol. The predicted octanol–water partition coefficient (Wildman–Crippen LogP) is 8.87. The van der Waals surface area contributed by atoms with Crippen LogP contribution in [0.5, 0.6) is 0 Å². The van der Waals surface area contributed by atoms with Crippen molar-refractivity contribution < 1.29 is 19.5 Å². The fourth-order valence-corrected chi connectivity index (χ4v) is 9.68. The van der Waals surface area contributed by atoms with Crippen LogP contribution in [0.15, 0.2) is 109 Å². The number of nitrogens with one attached hydrogen (secondary N) is 3. The molecule has 13 heteroatoms. The van der Waals surface area contributed by atoms with Crippen molar-refractivity contribution in [2.45, 2.75) is 76.5 Å². The Bertz CT molecular complexity index is 2360. The molecule has 12 nitrogen and oxygen atoms in total. The van der Waals surface area contributed by atoms with Crippen LogP contribution in [0, 0.1) is 0 Å². The Morgan fingerprint density at radius 2 is 1.32 bits per heavy atom. The maximum absolute atomic E-state index is 14.2. The van der Waals surface area contributed by atoms with E-state index in [-0.39, 0.29) is 36.4 Å². The van der Waals surface area contributed by atoms with E-state index in [0.29, 0.717) is 19.5 Å². The van der Waals surface area contributed by atoms with Gasteiger partial charge < -0.3 is 30.2 Å². The molecule has 3 aromatic carbocycles. The first kappa shape index (κ1) is 40.7. The number of aromatic amines is 2. The number of nitrogens with zero attached hydrogens (tertiary/aromatic N) is 5. The quantitative estimate of drug-likeness (QED) is 0.0808. The zero-order chi connectivity index (χ0) is 41.6. The second-order valence-electron chi connectivity index (χ2n) is 15.6. The first-order valence-corrected chi connectivity index (χ1v) is 21.9. The zero-order valence-corrected chi connectivity index (χ0v) is 34.9. The molecule has 60 heavy (non-hydrogen) atoms. The molecule has 0 unspecified atom stereocenters. The summed E-state index contributed by atoms with van der Waals surface area (Å²) in [7, 11) is 0. The number of amides is 3. The van der Waals surface area contributed by atoms with E-state index in [1.54, 1.807) is 11.3 Å². The molecular formula is C47H52N8O4S. The van der Waals surface area contributed by atoms with E-state index in [1.165, 1.54) is 0 Å². The number of carbonyl (C=O) groups is 3. The van der Waals surface area contributed by atoms with Gasteiger partial charge in [-0.15, -0.1) is 11.3 Å². The van der Waals surface area contributed by atoms with E-state index in [4.69, 9.17) is 9.97 Å². The lowest BCUT2D eigenvalue weighted by molar-refractivity contribution is -0.138. The van der Waals surface area contributed by atoms with Gasteiger partial charge in [0.25, 0.3) is 0 Å². The summed E-state index contributed by atoms with van der Waals surface area (Å²) < 4.78 is 0. The summed E-state index contributed by atoms with van der Waals surface area (Å²) in [6.45, 7) is 7.12. The topological polar surface area (TPSA) is 151 Å². The molecule has 0 saturated carbocycles. The van der Waals surface area contributed by atoms with Crippen molar-refractivity contribution in [1.82, 2.24) is 40.0 Å². The lowest BCUT2D eigenvalue weighted by Crippen LogP contribution is -2.43. The summed E-state index contributed by atoms with van der Waals surface area (Å²) >= 11 is 1.55. The van der Waals surface area contributed by atoms with Crippen LogP contribution >= 0.6 is 11.3 Å². The van der Waals surface area contributed by atoms with Gasteiger partial charge in [0.15, 0.2) is 0 Å². The largest absolute Gasteiger partial charge is 0.465 e. The smallest absolute Gasteiger partial charge is 0.404 e. The maximum Gasteiger partial charge on any atom is 0.404 e. The van der Waals surface area contributed by atoms with Crippen LogP contribution in [-0.2, 0) is 16.0 Å². The number of carbonyl (C=O) groups excluding carboxylic acids is 2. The Hall–Kier alpha value is -6.05. The Balaban J connectivity index is 0.908. The van der Waals surface area contributed by atoms with Crippen molar-refractivity contribution in [1.29, 1.82) is 0 Å². The fourth-order valence-electron chi connectivity index (χ4n) is 8.89. The van der Waals surface area contributed by atoms with Crippen molar-refractivity contribution in [2.24, 2.45) is 0 Å². The van der Waals surface area contributed by atoms with Gasteiger partial charge in [0.2, 0.25) is 11.8 Å². The Morgan fingerprint density at radius 3 is 1.85 bits per heavy atom. The number of imidazole rings is 2. The van der Waals surface area contributed by atoms with Crippen LogP contribution in [0.1, 0.15) is 86.2 Å². The molecule has 4 N–H and O–H groups in total. The molecule has 2 aliphatic rings. The highest BCUT2D eigenvalue weighted by Crippen LogP contribution is 2.37. The van der Waals surface area contributed by atoms with Crippen molar-refractivity contribution in [3.8, 4) is 33.6 Å². The highest BCUT2D eigenvalue weighted by molar-refractivity contribution is 7.09. The van der Waals surface area contributed by atoms with E-state index in [0.717, 1.165) is 94.5 Å². The van der Waals surface area contributed by atoms with Crippen molar-refractivity contribution in [3.63, 3.8) is 0 Å².